The fourth-order valence-corrected chi connectivity index (χ4v) is 2.27. The quantitative estimate of drug-likeness (QED) is 0.706. The molecule has 0 saturated heterocycles. The number of carboxylic acids is 1. The smallest absolute Gasteiger partial charge is 0.304 e. The van der Waals surface area contributed by atoms with Crippen LogP contribution in [-0.2, 0) is 14.8 Å². The minimum Gasteiger partial charge on any atom is -0.481 e. The number of hydrogen-bond acceptors (Lipinski definition) is 3. The predicted molar refractivity (Wildman–Crippen MR) is 53.5 cm³/mol. The minimum absolute atomic E-state index is 0.236. The van der Waals surface area contributed by atoms with E-state index in [1.807, 2.05) is 13.8 Å². The van der Waals surface area contributed by atoms with Crippen LogP contribution in [0.3, 0.4) is 0 Å². The first kappa shape index (κ1) is 13.4. The van der Waals surface area contributed by atoms with Gasteiger partial charge in [-0.25, -0.2) is 12.7 Å². The Hall–Kier alpha value is -0.620. The van der Waals surface area contributed by atoms with Crippen LogP contribution in [0.5, 0.6) is 0 Å². The lowest BCUT2D eigenvalue weighted by atomic mass is 10.2. The van der Waals surface area contributed by atoms with Crippen LogP contribution in [0.4, 0.5) is 0 Å². The van der Waals surface area contributed by atoms with Gasteiger partial charge >= 0.3 is 5.97 Å². The highest BCUT2D eigenvalue weighted by Crippen LogP contribution is 2.04. The van der Waals surface area contributed by atoms with Gasteiger partial charge < -0.3 is 5.11 Å². The first-order valence-electron chi connectivity index (χ1n) is 4.41. The lowest BCUT2D eigenvalue weighted by Crippen LogP contribution is -2.32. The third kappa shape index (κ3) is 5.18. The van der Waals surface area contributed by atoms with E-state index in [0.29, 0.717) is 6.54 Å². The van der Waals surface area contributed by atoms with Gasteiger partial charge in [0.25, 0.3) is 0 Å². The molecule has 0 saturated carbocycles. The van der Waals surface area contributed by atoms with Crippen molar-refractivity contribution in [3.05, 3.63) is 0 Å². The average Bonchev–Trinajstić information content (AvgIpc) is 1.99. The molecule has 0 atom stereocenters. The van der Waals surface area contributed by atoms with Crippen LogP contribution < -0.4 is 0 Å². The van der Waals surface area contributed by atoms with Crippen molar-refractivity contribution < 1.29 is 18.3 Å². The molecule has 0 aliphatic carbocycles. The van der Waals surface area contributed by atoms with Gasteiger partial charge in [-0.05, 0) is 5.92 Å². The maximum Gasteiger partial charge on any atom is 0.304 e. The molecule has 14 heavy (non-hydrogen) atoms. The lowest BCUT2D eigenvalue weighted by Gasteiger charge is -2.18. The molecule has 0 aliphatic heterocycles. The topological polar surface area (TPSA) is 74.7 Å². The van der Waals surface area contributed by atoms with E-state index in [4.69, 9.17) is 5.11 Å². The van der Waals surface area contributed by atoms with Crippen molar-refractivity contribution in [3.8, 4) is 0 Å². The van der Waals surface area contributed by atoms with Gasteiger partial charge in [0.2, 0.25) is 10.0 Å². The van der Waals surface area contributed by atoms with E-state index in [2.05, 4.69) is 0 Å². The molecule has 5 nitrogen and oxygen atoms in total. The lowest BCUT2D eigenvalue weighted by molar-refractivity contribution is -0.136. The van der Waals surface area contributed by atoms with Crippen molar-refractivity contribution in [2.24, 2.45) is 5.92 Å². The Bertz CT molecular complexity index is 284. The van der Waals surface area contributed by atoms with Gasteiger partial charge in [0.15, 0.2) is 0 Å². The molecule has 0 aromatic carbocycles. The van der Waals surface area contributed by atoms with E-state index in [-0.39, 0.29) is 18.1 Å². The number of carbonyl (C=O) groups is 1. The Morgan fingerprint density at radius 3 is 2.29 bits per heavy atom. The first-order valence-corrected chi connectivity index (χ1v) is 6.02. The van der Waals surface area contributed by atoms with E-state index < -0.39 is 16.0 Å². The third-order valence-corrected chi connectivity index (χ3v) is 3.49. The Morgan fingerprint density at radius 1 is 1.43 bits per heavy atom. The largest absolute Gasteiger partial charge is 0.481 e. The third-order valence-electron chi connectivity index (χ3n) is 1.67. The van der Waals surface area contributed by atoms with Crippen LogP contribution in [0, 0.1) is 5.92 Å². The van der Waals surface area contributed by atoms with Crippen molar-refractivity contribution in [2.75, 3.05) is 19.3 Å². The molecule has 0 amide bonds. The molecule has 1 N–H and O–H groups in total. The van der Waals surface area contributed by atoms with E-state index in [1.54, 1.807) is 0 Å². The Kier molecular flexibility index (Phi) is 5.07. The van der Waals surface area contributed by atoms with Crippen LogP contribution in [0.25, 0.3) is 0 Å². The minimum atomic E-state index is -3.40. The fraction of sp³-hybridized carbons (Fsp3) is 0.875. The van der Waals surface area contributed by atoms with Gasteiger partial charge in [-0.3, -0.25) is 4.79 Å². The maximum absolute atomic E-state index is 11.4. The SMILES string of the molecule is CC(C)CN(C)S(=O)(=O)CCC(=O)O. The average molecular weight is 223 g/mol. The number of hydrogen-bond donors (Lipinski definition) is 1. The molecule has 0 bridgehead atoms. The Morgan fingerprint density at radius 2 is 1.93 bits per heavy atom. The van der Waals surface area contributed by atoms with Crippen LogP contribution >= 0.6 is 0 Å². The second kappa shape index (κ2) is 5.31. The molecule has 0 aliphatic rings. The summed E-state index contributed by atoms with van der Waals surface area (Å²) in [5.41, 5.74) is 0. The van der Waals surface area contributed by atoms with Crippen LogP contribution in [0.15, 0.2) is 0 Å². The summed E-state index contributed by atoms with van der Waals surface area (Å²) in [7, 11) is -1.93. The number of sulfonamides is 1. The van der Waals surface area contributed by atoms with Crippen molar-refractivity contribution in [1.82, 2.24) is 4.31 Å². The second-order valence-corrected chi connectivity index (χ2v) is 5.83. The van der Waals surface area contributed by atoms with Gasteiger partial charge in [-0.2, -0.15) is 0 Å². The molecule has 0 heterocycles. The number of nitrogens with zero attached hydrogens (tertiary/aromatic N) is 1. The monoisotopic (exact) mass is 223 g/mol. The van der Waals surface area contributed by atoms with Crippen LogP contribution in [0.1, 0.15) is 20.3 Å². The summed E-state index contributed by atoms with van der Waals surface area (Å²) in [6.45, 7) is 4.23. The molecule has 0 rings (SSSR count). The summed E-state index contributed by atoms with van der Waals surface area (Å²) < 4.78 is 24.1. The van der Waals surface area contributed by atoms with E-state index >= 15 is 0 Å². The van der Waals surface area contributed by atoms with Gasteiger partial charge in [-0.1, -0.05) is 13.8 Å². The fourth-order valence-electron chi connectivity index (χ4n) is 1.000. The standard InChI is InChI=1S/C8H17NO4S/c1-7(2)6-9(3)14(12,13)5-4-8(10)11/h7H,4-6H2,1-3H3,(H,10,11). The number of rotatable bonds is 6. The Labute approximate surface area is 84.8 Å². The summed E-state index contributed by atoms with van der Waals surface area (Å²) in [5.74, 6) is -1.18. The summed E-state index contributed by atoms with van der Waals surface area (Å²) in [6, 6.07) is 0. The number of aliphatic carboxylic acids is 1. The highest BCUT2D eigenvalue weighted by Gasteiger charge is 2.19. The summed E-state index contributed by atoms with van der Waals surface area (Å²) in [4.78, 5) is 10.2. The molecule has 0 spiro atoms. The zero-order chi connectivity index (χ0) is 11.4. The zero-order valence-electron chi connectivity index (χ0n) is 8.73. The summed E-state index contributed by atoms with van der Waals surface area (Å²) >= 11 is 0. The molecule has 0 unspecified atom stereocenters. The van der Waals surface area contributed by atoms with Crippen LogP contribution in [-0.4, -0.2) is 43.1 Å². The number of carboxylic acid groups (broad SMARTS) is 1. The zero-order valence-corrected chi connectivity index (χ0v) is 9.54. The van der Waals surface area contributed by atoms with Gasteiger partial charge in [-0.15, -0.1) is 0 Å². The van der Waals surface area contributed by atoms with Crippen LogP contribution in [0.2, 0.25) is 0 Å². The second-order valence-electron chi connectivity index (χ2n) is 3.63. The molecular formula is C8H17NO4S. The van der Waals surface area contributed by atoms with E-state index in [0.717, 1.165) is 0 Å². The van der Waals surface area contributed by atoms with Crippen molar-refractivity contribution in [3.63, 3.8) is 0 Å². The van der Waals surface area contributed by atoms with Gasteiger partial charge in [0, 0.05) is 13.6 Å². The molecule has 0 aromatic rings. The molecule has 6 heteroatoms. The van der Waals surface area contributed by atoms with Gasteiger partial charge in [0.1, 0.15) is 0 Å². The summed E-state index contributed by atoms with van der Waals surface area (Å²) in [6.07, 6.45) is -0.342. The van der Waals surface area contributed by atoms with Gasteiger partial charge in [0.05, 0.1) is 12.2 Å². The first-order chi connectivity index (χ1) is 6.25. The molecule has 0 radical (unpaired) electrons. The highest BCUT2D eigenvalue weighted by molar-refractivity contribution is 7.89. The molecular weight excluding hydrogens is 206 g/mol. The molecule has 84 valence electrons. The Balaban J connectivity index is 4.24. The van der Waals surface area contributed by atoms with Crippen molar-refractivity contribution in [2.45, 2.75) is 20.3 Å². The van der Waals surface area contributed by atoms with E-state index in [1.165, 1.54) is 11.4 Å². The van der Waals surface area contributed by atoms with Crippen molar-refractivity contribution in [1.29, 1.82) is 0 Å². The highest BCUT2D eigenvalue weighted by atomic mass is 32.2. The normalized spacial score (nSPS) is 12.4. The van der Waals surface area contributed by atoms with Crippen molar-refractivity contribution >= 4 is 16.0 Å². The molecule has 0 aromatic heterocycles. The van der Waals surface area contributed by atoms with E-state index in [9.17, 15) is 13.2 Å². The maximum atomic E-state index is 11.4. The predicted octanol–water partition coefficient (Wildman–Crippen LogP) is 0.379. The molecule has 0 fully saturated rings. The summed E-state index contributed by atoms with van der Waals surface area (Å²) in [5, 5.41) is 8.36.